The average molecular weight is 402 g/mol. The highest BCUT2D eigenvalue weighted by Crippen LogP contribution is 2.18. The zero-order valence-corrected chi connectivity index (χ0v) is 16.0. The van der Waals surface area contributed by atoms with E-state index in [-0.39, 0.29) is 11.9 Å². The first kappa shape index (κ1) is 19.1. The van der Waals surface area contributed by atoms with Crippen LogP contribution in [0.3, 0.4) is 0 Å². The van der Waals surface area contributed by atoms with Crippen molar-refractivity contribution >= 4 is 29.1 Å². The number of benzene rings is 2. The monoisotopic (exact) mass is 401 g/mol. The summed E-state index contributed by atoms with van der Waals surface area (Å²) in [5, 5.41) is 4.14. The summed E-state index contributed by atoms with van der Waals surface area (Å²) in [7, 11) is 0. The Morgan fingerprint density at radius 3 is 2.15 bits per heavy atom. The molecule has 1 amide bonds. The lowest BCUT2D eigenvalue weighted by Crippen LogP contribution is -2.36. The van der Waals surface area contributed by atoms with Gasteiger partial charge in [-0.1, -0.05) is 23.2 Å². The SMILES string of the molecule is C[C@@H](COc1ccc(Cl)cc1)NC(=O)c1cnc(-c2ccc(Cl)cc2)nc1. The number of amides is 1. The normalized spacial score (nSPS) is 11.7. The molecule has 2 aromatic carbocycles. The molecule has 3 aromatic rings. The van der Waals surface area contributed by atoms with E-state index in [1.54, 1.807) is 36.4 Å². The molecular formula is C20H17Cl2N3O2. The second-order valence-electron chi connectivity index (χ2n) is 5.94. The quantitative estimate of drug-likeness (QED) is 0.652. The van der Waals surface area contributed by atoms with Crippen LogP contribution in [-0.4, -0.2) is 28.5 Å². The number of nitrogens with zero attached hydrogens (tertiary/aromatic N) is 2. The maximum absolute atomic E-state index is 12.3. The minimum absolute atomic E-state index is 0.191. The molecular weight excluding hydrogens is 385 g/mol. The van der Waals surface area contributed by atoms with Gasteiger partial charge in [-0.2, -0.15) is 0 Å². The molecule has 0 bridgehead atoms. The van der Waals surface area contributed by atoms with Gasteiger partial charge < -0.3 is 10.1 Å². The summed E-state index contributed by atoms with van der Waals surface area (Å²) in [5.41, 5.74) is 1.21. The van der Waals surface area contributed by atoms with E-state index in [2.05, 4.69) is 15.3 Å². The van der Waals surface area contributed by atoms with Gasteiger partial charge in [0.2, 0.25) is 0 Å². The Hall–Kier alpha value is -2.63. The van der Waals surface area contributed by atoms with Gasteiger partial charge in [0.25, 0.3) is 5.91 Å². The Labute approximate surface area is 167 Å². The fraction of sp³-hybridized carbons (Fsp3) is 0.150. The first-order chi connectivity index (χ1) is 13.0. The lowest BCUT2D eigenvalue weighted by atomic mass is 10.2. The number of hydrogen-bond donors (Lipinski definition) is 1. The molecule has 0 aliphatic rings. The Bertz CT molecular complexity index is 898. The summed E-state index contributed by atoms with van der Waals surface area (Å²) >= 11 is 11.7. The topological polar surface area (TPSA) is 64.1 Å². The van der Waals surface area contributed by atoms with E-state index in [0.717, 1.165) is 5.56 Å². The van der Waals surface area contributed by atoms with E-state index < -0.39 is 0 Å². The van der Waals surface area contributed by atoms with Crippen LogP contribution in [0.1, 0.15) is 17.3 Å². The number of carbonyl (C=O) groups is 1. The third-order valence-electron chi connectivity index (χ3n) is 3.71. The third kappa shape index (κ3) is 5.42. The number of aromatic nitrogens is 2. The van der Waals surface area contributed by atoms with Crippen LogP contribution in [-0.2, 0) is 0 Å². The molecule has 0 saturated carbocycles. The van der Waals surface area contributed by atoms with Crippen molar-refractivity contribution < 1.29 is 9.53 Å². The first-order valence-electron chi connectivity index (χ1n) is 8.28. The second kappa shape index (κ2) is 8.84. The average Bonchev–Trinajstić information content (AvgIpc) is 2.68. The van der Waals surface area contributed by atoms with Gasteiger partial charge in [0.05, 0.1) is 11.6 Å². The van der Waals surface area contributed by atoms with Crippen molar-refractivity contribution in [2.24, 2.45) is 0 Å². The fourth-order valence-corrected chi connectivity index (χ4v) is 2.55. The van der Waals surface area contributed by atoms with E-state index >= 15 is 0 Å². The molecule has 0 radical (unpaired) electrons. The molecule has 1 heterocycles. The molecule has 7 heteroatoms. The van der Waals surface area contributed by atoms with Gasteiger partial charge in [-0.25, -0.2) is 9.97 Å². The van der Waals surface area contributed by atoms with Crippen LogP contribution in [0.2, 0.25) is 10.0 Å². The van der Waals surface area contributed by atoms with E-state index in [4.69, 9.17) is 27.9 Å². The number of nitrogens with one attached hydrogen (secondary N) is 1. The van der Waals surface area contributed by atoms with Crippen LogP contribution in [0.25, 0.3) is 11.4 Å². The van der Waals surface area contributed by atoms with Crippen LogP contribution in [0.4, 0.5) is 0 Å². The molecule has 1 atom stereocenters. The van der Waals surface area contributed by atoms with Crippen molar-refractivity contribution in [1.82, 2.24) is 15.3 Å². The lowest BCUT2D eigenvalue weighted by Gasteiger charge is -2.15. The molecule has 0 fully saturated rings. The minimum atomic E-state index is -0.259. The molecule has 138 valence electrons. The maximum Gasteiger partial charge on any atom is 0.254 e. The summed E-state index contributed by atoms with van der Waals surface area (Å²) < 4.78 is 5.63. The molecule has 0 aliphatic heterocycles. The molecule has 27 heavy (non-hydrogen) atoms. The molecule has 3 rings (SSSR count). The summed E-state index contributed by atoms with van der Waals surface area (Å²) in [6.07, 6.45) is 3.00. The van der Waals surface area contributed by atoms with Crippen LogP contribution in [0.5, 0.6) is 5.75 Å². The van der Waals surface area contributed by atoms with Crippen LogP contribution < -0.4 is 10.1 Å². The van der Waals surface area contributed by atoms with Crippen molar-refractivity contribution in [2.75, 3.05) is 6.61 Å². The van der Waals surface area contributed by atoms with Gasteiger partial charge >= 0.3 is 0 Å². The van der Waals surface area contributed by atoms with Crippen molar-refractivity contribution in [1.29, 1.82) is 0 Å². The standard InChI is InChI=1S/C20H17Cl2N3O2/c1-13(12-27-18-8-6-17(22)7-9-18)25-20(26)15-10-23-19(24-11-15)14-2-4-16(21)5-3-14/h2-11,13H,12H2,1H3,(H,25,26)/t13-/m0/s1. The molecule has 0 saturated heterocycles. The van der Waals surface area contributed by atoms with Gasteiger partial charge in [0.15, 0.2) is 5.82 Å². The highest BCUT2D eigenvalue weighted by molar-refractivity contribution is 6.30. The van der Waals surface area contributed by atoms with Crippen LogP contribution >= 0.6 is 23.2 Å². The maximum atomic E-state index is 12.3. The molecule has 0 unspecified atom stereocenters. The number of halogens is 2. The number of ether oxygens (including phenoxy) is 1. The van der Waals surface area contributed by atoms with Crippen molar-refractivity contribution in [2.45, 2.75) is 13.0 Å². The van der Waals surface area contributed by atoms with Crippen molar-refractivity contribution in [3.8, 4) is 17.1 Å². The first-order valence-corrected chi connectivity index (χ1v) is 9.04. The molecule has 1 aromatic heterocycles. The van der Waals surface area contributed by atoms with Crippen LogP contribution in [0.15, 0.2) is 60.9 Å². The number of rotatable bonds is 6. The van der Waals surface area contributed by atoms with Gasteiger partial charge in [0.1, 0.15) is 12.4 Å². The predicted molar refractivity (Wildman–Crippen MR) is 106 cm³/mol. The van der Waals surface area contributed by atoms with Gasteiger partial charge in [-0.05, 0) is 55.5 Å². The summed E-state index contributed by atoms with van der Waals surface area (Å²) in [5.74, 6) is 0.961. The highest BCUT2D eigenvalue weighted by Gasteiger charge is 2.12. The number of carbonyl (C=O) groups excluding carboxylic acids is 1. The molecule has 5 nitrogen and oxygen atoms in total. The largest absolute Gasteiger partial charge is 0.491 e. The third-order valence-corrected chi connectivity index (χ3v) is 4.21. The smallest absolute Gasteiger partial charge is 0.254 e. The summed E-state index contributed by atoms with van der Waals surface area (Å²) in [6.45, 7) is 2.19. The van der Waals surface area contributed by atoms with Crippen LogP contribution in [0, 0.1) is 0 Å². The predicted octanol–water partition coefficient (Wildman–Crippen LogP) is 4.65. The number of hydrogen-bond acceptors (Lipinski definition) is 4. The Balaban J connectivity index is 1.55. The zero-order valence-electron chi connectivity index (χ0n) is 14.5. The van der Waals surface area contributed by atoms with E-state index in [0.29, 0.717) is 33.8 Å². The van der Waals surface area contributed by atoms with Crippen molar-refractivity contribution in [3.63, 3.8) is 0 Å². The Kier molecular flexibility index (Phi) is 6.27. The Morgan fingerprint density at radius 1 is 1.00 bits per heavy atom. The fourth-order valence-electron chi connectivity index (χ4n) is 2.29. The highest BCUT2D eigenvalue weighted by atomic mass is 35.5. The second-order valence-corrected chi connectivity index (χ2v) is 6.81. The lowest BCUT2D eigenvalue weighted by molar-refractivity contribution is 0.0926. The van der Waals surface area contributed by atoms with E-state index in [9.17, 15) is 4.79 Å². The van der Waals surface area contributed by atoms with Crippen molar-refractivity contribution in [3.05, 3.63) is 76.5 Å². The molecule has 0 aliphatic carbocycles. The molecule has 0 spiro atoms. The summed E-state index contributed by atoms with van der Waals surface area (Å²) in [4.78, 5) is 20.8. The van der Waals surface area contributed by atoms with Gasteiger partial charge in [-0.15, -0.1) is 0 Å². The Morgan fingerprint density at radius 2 is 1.56 bits per heavy atom. The van der Waals surface area contributed by atoms with E-state index in [1.165, 1.54) is 12.4 Å². The van der Waals surface area contributed by atoms with Gasteiger partial charge in [-0.3, -0.25) is 4.79 Å². The van der Waals surface area contributed by atoms with Gasteiger partial charge in [0, 0.05) is 28.0 Å². The minimum Gasteiger partial charge on any atom is -0.491 e. The summed E-state index contributed by atoms with van der Waals surface area (Å²) in [6, 6.07) is 14.1. The zero-order chi connectivity index (χ0) is 19.2. The van der Waals surface area contributed by atoms with E-state index in [1.807, 2.05) is 19.1 Å². The molecule has 1 N–H and O–H groups in total.